The molecule has 1 N–H and O–H groups in total. The molecule has 0 saturated carbocycles. The monoisotopic (exact) mass is 374 g/mol. The number of hydrogen-bond acceptors (Lipinski definition) is 6. The average Bonchev–Trinajstić information content (AvgIpc) is 2.86. The number of phenolic OH excluding ortho intramolecular Hbond substituents is 1. The number of carbonyl (C=O) groups is 2. The molecular weight excluding hydrogens is 363 g/mol. The van der Waals surface area contributed by atoms with Crippen molar-refractivity contribution < 1.29 is 24.0 Å². The average molecular weight is 374 g/mol. The molecular formula is C17H11FN2O5S. The number of aromatic hydroxyl groups is 1. The molecule has 0 spiro atoms. The molecule has 2 aromatic carbocycles. The number of phenols is 1. The van der Waals surface area contributed by atoms with E-state index in [1.807, 2.05) is 0 Å². The fraction of sp³-hybridized carbons (Fsp3) is 0.0588. The summed E-state index contributed by atoms with van der Waals surface area (Å²) in [5.41, 5.74) is 0.143. The van der Waals surface area contributed by atoms with Crippen molar-refractivity contribution in [3.63, 3.8) is 0 Å². The molecule has 132 valence electrons. The number of carbonyl (C=O) groups excluding carboxylic acids is 2. The Balaban J connectivity index is 1.87. The second kappa shape index (κ2) is 6.96. The molecule has 2 aromatic rings. The Hall–Kier alpha value is -3.20. The van der Waals surface area contributed by atoms with Crippen molar-refractivity contribution in [1.82, 2.24) is 4.90 Å². The summed E-state index contributed by atoms with van der Waals surface area (Å²) in [5, 5.41) is 20.3. The summed E-state index contributed by atoms with van der Waals surface area (Å²) in [5.74, 6) is -1.60. The van der Waals surface area contributed by atoms with Gasteiger partial charge in [0.2, 0.25) is 5.75 Å². The lowest BCUT2D eigenvalue weighted by molar-refractivity contribution is -0.385. The Kier molecular flexibility index (Phi) is 4.72. The number of nitrogens with zero attached hydrogens (tertiary/aromatic N) is 2. The maximum absolute atomic E-state index is 13.0. The molecule has 0 aliphatic carbocycles. The van der Waals surface area contributed by atoms with Crippen LogP contribution in [0.5, 0.6) is 5.75 Å². The lowest BCUT2D eigenvalue weighted by Crippen LogP contribution is -2.27. The van der Waals surface area contributed by atoms with Gasteiger partial charge in [-0.05, 0) is 35.5 Å². The zero-order valence-electron chi connectivity index (χ0n) is 13.1. The lowest BCUT2D eigenvalue weighted by Gasteiger charge is -2.12. The van der Waals surface area contributed by atoms with Crippen molar-refractivity contribution in [2.75, 3.05) is 0 Å². The van der Waals surface area contributed by atoms with Crippen LogP contribution in [0.4, 0.5) is 14.9 Å². The first-order valence-corrected chi connectivity index (χ1v) is 8.14. The first-order valence-electron chi connectivity index (χ1n) is 7.33. The molecule has 1 heterocycles. The van der Waals surface area contributed by atoms with E-state index in [-0.39, 0.29) is 17.0 Å². The summed E-state index contributed by atoms with van der Waals surface area (Å²) in [6.07, 6.45) is 1.23. The van der Waals surface area contributed by atoms with Crippen LogP contribution >= 0.6 is 11.8 Å². The van der Waals surface area contributed by atoms with Crippen LogP contribution < -0.4 is 0 Å². The van der Waals surface area contributed by atoms with Crippen LogP contribution in [-0.4, -0.2) is 26.1 Å². The topological polar surface area (TPSA) is 101 Å². The minimum absolute atomic E-state index is 0.0246. The predicted molar refractivity (Wildman–Crippen MR) is 92.7 cm³/mol. The first kappa shape index (κ1) is 17.6. The molecule has 1 aliphatic rings. The number of para-hydroxylation sites is 1. The minimum atomic E-state index is -0.743. The third-order valence-corrected chi connectivity index (χ3v) is 4.56. The van der Waals surface area contributed by atoms with Gasteiger partial charge in [0.25, 0.3) is 11.1 Å². The van der Waals surface area contributed by atoms with Gasteiger partial charge in [0.15, 0.2) is 0 Å². The molecule has 1 saturated heterocycles. The maximum atomic E-state index is 13.0. The van der Waals surface area contributed by atoms with E-state index in [1.165, 1.54) is 42.5 Å². The third kappa shape index (κ3) is 3.42. The van der Waals surface area contributed by atoms with Crippen LogP contribution in [0.25, 0.3) is 6.08 Å². The Labute approximate surface area is 150 Å². The van der Waals surface area contributed by atoms with Crippen LogP contribution in [0.3, 0.4) is 0 Å². The van der Waals surface area contributed by atoms with E-state index in [2.05, 4.69) is 0 Å². The molecule has 0 unspecified atom stereocenters. The summed E-state index contributed by atoms with van der Waals surface area (Å²) >= 11 is 0.665. The molecule has 2 amide bonds. The predicted octanol–water partition coefficient (Wildman–Crippen LogP) is 3.68. The van der Waals surface area contributed by atoms with Gasteiger partial charge in [-0.2, -0.15) is 0 Å². The molecule has 0 atom stereocenters. The molecule has 1 aliphatic heterocycles. The summed E-state index contributed by atoms with van der Waals surface area (Å²) in [6.45, 7) is -0.0246. The van der Waals surface area contributed by atoms with Gasteiger partial charge in [-0.1, -0.05) is 24.3 Å². The Morgan fingerprint density at radius 1 is 1.19 bits per heavy atom. The van der Waals surface area contributed by atoms with E-state index in [0.29, 0.717) is 17.3 Å². The van der Waals surface area contributed by atoms with Crippen LogP contribution in [0.15, 0.2) is 47.4 Å². The number of halogens is 1. The molecule has 1 fully saturated rings. The molecule has 0 bridgehead atoms. The van der Waals surface area contributed by atoms with Crippen LogP contribution in [-0.2, 0) is 11.3 Å². The van der Waals surface area contributed by atoms with E-state index in [1.54, 1.807) is 0 Å². The second-order valence-corrected chi connectivity index (χ2v) is 6.36. The van der Waals surface area contributed by atoms with Crippen LogP contribution in [0, 0.1) is 15.9 Å². The van der Waals surface area contributed by atoms with Crippen molar-refractivity contribution in [2.45, 2.75) is 6.54 Å². The van der Waals surface area contributed by atoms with Gasteiger partial charge < -0.3 is 5.11 Å². The zero-order valence-corrected chi connectivity index (χ0v) is 13.9. The molecule has 0 aromatic heterocycles. The molecule has 0 radical (unpaired) electrons. The van der Waals surface area contributed by atoms with Gasteiger partial charge in [0.05, 0.1) is 16.4 Å². The van der Waals surface area contributed by atoms with E-state index in [9.17, 15) is 29.2 Å². The van der Waals surface area contributed by atoms with Crippen LogP contribution in [0.2, 0.25) is 0 Å². The van der Waals surface area contributed by atoms with Crippen molar-refractivity contribution in [3.8, 4) is 5.75 Å². The van der Waals surface area contributed by atoms with Crippen molar-refractivity contribution in [2.24, 2.45) is 0 Å². The highest BCUT2D eigenvalue weighted by Crippen LogP contribution is 2.37. The second-order valence-electron chi connectivity index (χ2n) is 5.37. The van der Waals surface area contributed by atoms with E-state index < -0.39 is 33.3 Å². The highest BCUT2D eigenvalue weighted by atomic mass is 32.2. The minimum Gasteiger partial charge on any atom is -0.502 e. The number of thioether (sulfide) groups is 1. The number of rotatable bonds is 4. The van der Waals surface area contributed by atoms with E-state index >= 15 is 0 Å². The fourth-order valence-corrected chi connectivity index (χ4v) is 3.19. The number of nitro benzene ring substituents is 1. The normalized spacial score (nSPS) is 15.7. The van der Waals surface area contributed by atoms with Crippen molar-refractivity contribution in [3.05, 3.63) is 74.4 Å². The SMILES string of the molecule is O=C1S/C(=C\c2cccc([N+](=O)[O-])c2O)C(=O)N1Cc1ccc(F)cc1. The smallest absolute Gasteiger partial charge is 0.311 e. The van der Waals surface area contributed by atoms with Crippen molar-refractivity contribution in [1.29, 1.82) is 0 Å². The van der Waals surface area contributed by atoms with E-state index in [0.717, 1.165) is 11.0 Å². The number of hydrogen-bond donors (Lipinski definition) is 1. The van der Waals surface area contributed by atoms with Crippen LogP contribution in [0.1, 0.15) is 11.1 Å². The first-order chi connectivity index (χ1) is 12.4. The lowest BCUT2D eigenvalue weighted by atomic mass is 10.1. The van der Waals surface area contributed by atoms with Gasteiger partial charge in [-0.15, -0.1) is 0 Å². The highest BCUT2D eigenvalue weighted by Gasteiger charge is 2.35. The van der Waals surface area contributed by atoms with Gasteiger partial charge >= 0.3 is 5.69 Å². The quantitative estimate of drug-likeness (QED) is 0.498. The maximum Gasteiger partial charge on any atom is 0.311 e. The number of amides is 2. The Bertz CT molecular complexity index is 943. The number of benzene rings is 2. The van der Waals surface area contributed by atoms with Gasteiger partial charge in [0, 0.05) is 11.6 Å². The molecule has 3 rings (SSSR count). The fourth-order valence-electron chi connectivity index (χ4n) is 2.36. The van der Waals surface area contributed by atoms with Gasteiger partial charge in [-0.25, -0.2) is 4.39 Å². The van der Waals surface area contributed by atoms with Gasteiger partial charge in [-0.3, -0.25) is 24.6 Å². The summed E-state index contributed by atoms with van der Waals surface area (Å²) in [4.78, 5) is 35.7. The Morgan fingerprint density at radius 3 is 2.54 bits per heavy atom. The molecule has 26 heavy (non-hydrogen) atoms. The molecule has 9 heteroatoms. The van der Waals surface area contributed by atoms with Gasteiger partial charge in [0.1, 0.15) is 5.82 Å². The Morgan fingerprint density at radius 2 is 1.88 bits per heavy atom. The summed E-state index contributed by atoms with van der Waals surface area (Å²) < 4.78 is 13.0. The number of imide groups is 1. The highest BCUT2D eigenvalue weighted by molar-refractivity contribution is 8.18. The largest absolute Gasteiger partial charge is 0.502 e. The van der Waals surface area contributed by atoms with E-state index in [4.69, 9.17) is 0 Å². The third-order valence-electron chi connectivity index (χ3n) is 3.66. The zero-order chi connectivity index (χ0) is 18.8. The standard InChI is InChI=1S/C17H11FN2O5S/c18-12-6-4-10(5-7-12)9-19-16(22)14(26-17(19)23)8-11-2-1-3-13(15(11)21)20(24)25/h1-8,21H,9H2/b14-8-. The number of nitro groups is 1. The summed E-state index contributed by atoms with van der Waals surface area (Å²) in [7, 11) is 0. The summed E-state index contributed by atoms with van der Waals surface area (Å²) in [6, 6.07) is 9.29. The molecule has 7 nitrogen and oxygen atoms in total. The van der Waals surface area contributed by atoms with Crippen molar-refractivity contribution >= 4 is 34.7 Å².